The van der Waals surface area contributed by atoms with Crippen LogP contribution < -0.4 is 14.8 Å². The van der Waals surface area contributed by atoms with Crippen molar-refractivity contribution in [3.8, 4) is 11.5 Å². The van der Waals surface area contributed by atoms with E-state index in [-0.39, 0.29) is 6.04 Å². The Bertz CT molecular complexity index is 647. The molecule has 118 valence electrons. The van der Waals surface area contributed by atoms with E-state index in [4.69, 9.17) is 32.7 Å². The van der Waals surface area contributed by atoms with E-state index in [2.05, 4.69) is 12.2 Å². The molecule has 2 aromatic carbocycles. The second kappa shape index (κ2) is 7.73. The van der Waals surface area contributed by atoms with E-state index in [9.17, 15) is 0 Å². The van der Waals surface area contributed by atoms with Crippen LogP contribution in [0.1, 0.15) is 24.1 Å². The number of halogens is 2. The molecule has 0 aromatic heterocycles. The van der Waals surface area contributed by atoms with Crippen LogP contribution in [0.2, 0.25) is 10.0 Å². The molecule has 0 aliphatic heterocycles. The topological polar surface area (TPSA) is 30.5 Å². The zero-order valence-electron chi connectivity index (χ0n) is 12.8. The summed E-state index contributed by atoms with van der Waals surface area (Å²) >= 11 is 12.0. The number of nitrogens with one attached hydrogen (secondary N) is 1. The van der Waals surface area contributed by atoms with Crippen LogP contribution in [-0.2, 0) is 6.54 Å². The number of hydrogen-bond acceptors (Lipinski definition) is 3. The molecule has 1 atom stereocenters. The molecule has 0 fully saturated rings. The van der Waals surface area contributed by atoms with Gasteiger partial charge in [0, 0.05) is 18.2 Å². The van der Waals surface area contributed by atoms with Gasteiger partial charge < -0.3 is 14.8 Å². The summed E-state index contributed by atoms with van der Waals surface area (Å²) in [6, 6.07) is 11.5. The second-order valence-corrected chi connectivity index (χ2v) is 5.77. The van der Waals surface area contributed by atoms with Crippen LogP contribution in [0.4, 0.5) is 0 Å². The summed E-state index contributed by atoms with van der Waals surface area (Å²) in [5.74, 6) is 1.63. The van der Waals surface area contributed by atoms with Gasteiger partial charge >= 0.3 is 0 Å². The Balaban J connectivity index is 2.10. The first-order valence-corrected chi connectivity index (χ1v) is 7.70. The van der Waals surface area contributed by atoms with Crippen LogP contribution in [0.5, 0.6) is 11.5 Å². The fraction of sp³-hybridized carbons (Fsp3) is 0.294. The molecule has 0 amide bonds. The molecule has 0 saturated heterocycles. The zero-order chi connectivity index (χ0) is 16.1. The fourth-order valence-corrected chi connectivity index (χ4v) is 2.49. The molecule has 1 unspecified atom stereocenters. The monoisotopic (exact) mass is 339 g/mol. The minimum Gasteiger partial charge on any atom is -0.497 e. The first kappa shape index (κ1) is 16.9. The molecule has 0 aliphatic rings. The van der Waals surface area contributed by atoms with Crippen molar-refractivity contribution in [1.29, 1.82) is 0 Å². The number of rotatable bonds is 6. The summed E-state index contributed by atoms with van der Waals surface area (Å²) < 4.78 is 10.6. The molecule has 0 heterocycles. The van der Waals surface area contributed by atoms with E-state index in [1.807, 2.05) is 36.4 Å². The summed E-state index contributed by atoms with van der Waals surface area (Å²) in [6.07, 6.45) is 0. The fourth-order valence-electron chi connectivity index (χ4n) is 2.18. The highest BCUT2D eigenvalue weighted by Crippen LogP contribution is 2.27. The van der Waals surface area contributed by atoms with Crippen molar-refractivity contribution in [2.75, 3.05) is 14.2 Å². The highest BCUT2D eigenvalue weighted by atomic mass is 35.5. The van der Waals surface area contributed by atoms with Gasteiger partial charge in [-0.1, -0.05) is 29.3 Å². The molecule has 22 heavy (non-hydrogen) atoms. The van der Waals surface area contributed by atoms with E-state index >= 15 is 0 Å². The third-order valence-electron chi connectivity index (χ3n) is 3.53. The average molecular weight is 340 g/mol. The van der Waals surface area contributed by atoms with E-state index < -0.39 is 0 Å². The summed E-state index contributed by atoms with van der Waals surface area (Å²) in [7, 11) is 3.31. The SMILES string of the molecule is COc1ccc(OC)c(CNC(C)c2ccc(Cl)c(Cl)c2)c1. The molecular formula is C17H19Cl2NO2. The molecule has 0 bridgehead atoms. The van der Waals surface area contributed by atoms with E-state index in [0.29, 0.717) is 16.6 Å². The Morgan fingerprint density at radius 2 is 1.77 bits per heavy atom. The lowest BCUT2D eigenvalue weighted by Crippen LogP contribution is -2.18. The van der Waals surface area contributed by atoms with E-state index in [1.54, 1.807) is 14.2 Å². The second-order valence-electron chi connectivity index (χ2n) is 4.95. The highest BCUT2D eigenvalue weighted by Gasteiger charge is 2.10. The summed E-state index contributed by atoms with van der Waals surface area (Å²) in [5.41, 5.74) is 2.12. The third kappa shape index (κ3) is 4.07. The van der Waals surface area contributed by atoms with Crippen LogP contribution in [0.25, 0.3) is 0 Å². The van der Waals surface area contributed by atoms with Gasteiger partial charge in [0.25, 0.3) is 0 Å². The molecule has 2 aromatic rings. The first-order valence-electron chi connectivity index (χ1n) is 6.94. The van der Waals surface area contributed by atoms with Gasteiger partial charge in [-0.3, -0.25) is 0 Å². The standard InChI is InChI=1S/C17H19Cl2NO2/c1-11(12-4-6-15(18)16(19)9-12)20-10-13-8-14(21-2)5-7-17(13)22-3/h4-9,11,20H,10H2,1-3H3. The van der Waals surface area contributed by atoms with E-state index in [0.717, 1.165) is 22.6 Å². The van der Waals surface area contributed by atoms with Gasteiger partial charge in [-0.15, -0.1) is 0 Å². The lowest BCUT2D eigenvalue weighted by atomic mass is 10.1. The maximum atomic E-state index is 6.07. The normalized spacial score (nSPS) is 12.0. The molecule has 0 spiro atoms. The maximum Gasteiger partial charge on any atom is 0.123 e. The lowest BCUT2D eigenvalue weighted by molar-refractivity contribution is 0.395. The minimum atomic E-state index is 0.130. The van der Waals surface area contributed by atoms with Crippen LogP contribution >= 0.6 is 23.2 Å². The lowest BCUT2D eigenvalue weighted by Gasteiger charge is -2.17. The zero-order valence-corrected chi connectivity index (χ0v) is 14.3. The van der Waals surface area contributed by atoms with Crippen molar-refractivity contribution in [2.45, 2.75) is 19.5 Å². The van der Waals surface area contributed by atoms with Gasteiger partial charge in [0.1, 0.15) is 11.5 Å². The smallest absolute Gasteiger partial charge is 0.123 e. The summed E-state index contributed by atoms with van der Waals surface area (Å²) in [4.78, 5) is 0. The van der Waals surface area contributed by atoms with Crippen molar-refractivity contribution in [3.63, 3.8) is 0 Å². The van der Waals surface area contributed by atoms with Crippen LogP contribution in [0.15, 0.2) is 36.4 Å². The summed E-state index contributed by atoms with van der Waals surface area (Å²) in [6.45, 7) is 2.73. The average Bonchev–Trinajstić information content (AvgIpc) is 2.54. The van der Waals surface area contributed by atoms with Crippen LogP contribution in [0, 0.1) is 0 Å². The predicted molar refractivity (Wildman–Crippen MR) is 91.3 cm³/mol. The van der Waals surface area contributed by atoms with Gasteiger partial charge in [0.05, 0.1) is 24.3 Å². The molecule has 0 radical (unpaired) electrons. The number of ether oxygens (including phenoxy) is 2. The molecule has 0 saturated carbocycles. The Morgan fingerprint density at radius 3 is 2.41 bits per heavy atom. The Hall–Kier alpha value is -1.42. The first-order chi connectivity index (χ1) is 10.5. The van der Waals surface area contributed by atoms with Crippen molar-refractivity contribution in [1.82, 2.24) is 5.32 Å². The number of methoxy groups -OCH3 is 2. The Morgan fingerprint density at radius 1 is 1.00 bits per heavy atom. The van der Waals surface area contributed by atoms with Gasteiger partial charge in [0.15, 0.2) is 0 Å². The van der Waals surface area contributed by atoms with Crippen molar-refractivity contribution in [2.24, 2.45) is 0 Å². The Labute approximate surface area is 141 Å². The molecule has 2 rings (SSSR count). The molecular weight excluding hydrogens is 321 g/mol. The van der Waals surface area contributed by atoms with Gasteiger partial charge in [-0.05, 0) is 42.8 Å². The minimum absolute atomic E-state index is 0.130. The Kier molecular flexibility index (Phi) is 5.95. The van der Waals surface area contributed by atoms with Crippen molar-refractivity contribution < 1.29 is 9.47 Å². The van der Waals surface area contributed by atoms with Crippen molar-refractivity contribution >= 4 is 23.2 Å². The quantitative estimate of drug-likeness (QED) is 0.814. The molecule has 5 heteroatoms. The third-order valence-corrected chi connectivity index (χ3v) is 4.27. The number of hydrogen-bond donors (Lipinski definition) is 1. The maximum absolute atomic E-state index is 6.07. The molecule has 1 N–H and O–H groups in total. The highest BCUT2D eigenvalue weighted by molar-refractivity contribution is 6.42. The van der Waals surface area contributed by atoms with E-state index in [1.165, 1.54) is 0 Å². The van der Waals surface area contributed by atoms with Gasteiger partial charge in [-0.2, -0.15) is 0 Å². The largest absolute Gasteiger partial charge is 0.497 e. The van der Waals surface area contributed by atoms with Gasteiger partial charge in [-0.25, -0.2) is 0 Å². The molecule has 3 nitrogen and oxygen atoms in total. The van der Waals surface area contributed by atoms with Crippen LogP contribution in [0.3, 0.4) is 0 Å². The van der Waals surface area contributed by atoms with Crippen molar-refractivity contribution in [3.05, 3.63) is 57.6 Å². The number of benzene rings is 2. The summed E-state index contributed by atoms with van der Waals surface area (Å²) in [5, 5.41) is 4.57. The van der Waals surface area contributed by atoms with Crippen LogP contribution in [-0.4, -0.2) is 14.2 Å². The molecule has 0 aliphatic carbocycles. The predicted octanol–water partition coefficient (Wildman–Crippen LogP) is 4.86. The van der Waals surface area contributed by atoms with Gasteiger partial charge in [0.2, 0.25) is 0 Å².